The maximum atomic E-state index is 5.96. The fourth-order valence-electron chi connectivity index (χ4n) is 3.62. The molecule has 2 aromatic rings. The molecule has 2 unspecified atom stereocenters. The van der Waals surface area contributed by atoms with Gasteiger partial charge in [0.25, 0.3) is 0 Å². The molecular formula is C21H33IN6O2. The lowest BCUT2D eigenvalue weighted by atomic mass is 10.1. The van der Waals surface area contributed by atoms with Gasteiger partial charge in [0.1, 0.15) is 11.9 Å². The second-order valence-electron chi connectivity index (χ2n) is 7.44. The van der Waals surface area contributed by atoms with Crippen molar-refractivity contribution in [3.63, 3.8) is 0 Å². The van der Waals surface area contributed by atoms with E-state index in [0.29, 0.717) is 6.61 Å². The molecule has 1 fully saturated rings. The number of nitrogens with zero attached hydrogens (tertiary/aromatic N) is 5. The third-order valence-electron chi connectivity index (χ3n) is 5.23. The first kappa shape index (κ1) is 24.4. The molecule has 0 saturated carbocycles. The van der Waals surface area contributed by atoms with E-state index in [0.717, 1.165) is 36.9 Å². The zero-order valence-corrected chi connectivity index (χ0v) is 20.7. The Bertz CT molecular complexity index is 825. The lowest BCUT2D eigenvalue weighted by molar-refractivity contribution is -0.00811. The maximum Gasteiger partial charge on any atom is 0.193 e. The number of aromatic nitrogens is 2. The Morgan fingerprint density at radius 3 is 2.87 bits per heavy atom. The Morgan fingerprint density at radius 1 is 1.43 bits per heavy atom. The number of hydrogen-bond acceptors (Lipinski definition) is 5. The average Bonchev–Trinajstić information content (AvgIpc) is 3.17. The van der Waals surface area contributed by atoms with E-state index in [9.17, 15) is 0 Å². The third kappa shape index (κ3) is 6.08. The van der Waals surface area contributed by atoms with Crippen LogP contribution in [0.25, 0.3) is 0 Å². The van der Waals surface area contributed by atoms with Crippen LogP contribution in [0.5, 0.6) is 5.75 Å². The average molecular weight is 528 g/mol. The van der Waals surface area contributed by atoms with Gasteiger partial charge >= 0.3 is 0 Å². The molecule has 2 heterocycles. The molecule has 0 radical (unpaired) electrons. The van der Waals surface area contributed by atoms with Gasteiger partial charge in [0.15, 0.2) is 5.96 Å². The second-order valence-corrected chi connectivity index (χ2v) is 7.44. The summed E-state index contributed by atoms with van der Waals surface area (Å²) in [7, 11) is 9.61. The maximum absolute atomic E-state index is 5.96. The Balaban J connectivity index is 0.00000320. The molecule has 1 aliphatic heterocycles. The Hall–Kier alpha value is -1.85. The van der Waals surface area contributed by atoms with Crippen LogP contribution in [0, 0.1) is 0 Å². The molecule has 2 atom stereocenters. The van der Waals surface area contributed by atoms with Crippen molar-refractivity contribution in [2.24, 2.45) is 12.0 Å². The summed E-state index contributed by atoms with van der Waals surface area (Å²) in [5.41, 5.74) is 2.29. The minimum Gasteiger partial charge on any atom is -0.497 e. The van der Waals surface area contributed by atoms with Crippen molar-refractivity contribution in [1.29, 1.82) is 0 Å². The van der Waals surface area contributed by atoms with Crippen molar-refractivity contribution in [2.45, 2.75) is 12.1 Å². The van der Waals surface area contributed by atoms with Crippen LogP contribution >= 0.6 is 24.0 Å². The SMILES string of the molecule is CN=C(NCC(c1cccc(OC)c1)N(C)C)N1CCOC(c2cnn(C)c2)C1.I. The van der Waals surface area contributed by atoms with Crippen LogP contribution in [0.1, 0.15) is 23.3 Å². The standard InChI is InChI=1S/C21H32N6O2.HI/c1-22-21(27-9-10-29-20(15-27)17-12-24-26(4)14-17)23-13-19(25(2)3)16-7-6-8-18(11-16)28-5;/h6-8,11-12,14,19-20H,9-10,13,15H2,1-5H3,(H,22,23);1H. The van der Waals surface area contributed by atoms with Gasteiger partial charge in [0, 0.05) is 38.9 Å². The van der Waals surface area contributed by atoms with Crippen molar-refractivity contribution in [2.75, 3.05) is 54.5 Å². The van der Waals surface area contributed by atoms with Gasteiger partial charge in [-0.15, -0.1) is 24.0 Å². The van der Waals surface area contributed by atoms with Crippen LogP contribution < -0.4 is 10.1 Å². The molecule has 1 saturated heterocycles. The Labute approximate surface area is 196 Å². The molecule has 30 heavy (non-hydrogen) atoms. The molecule has 0 amide bonds. The minimum absolute atomic E-state index is 0. The topological polar surface area (TPSA) is 67.2 Å². The molecule has 3 rings (SSSR count). The van der Waals surface area contributed by atoms with Gasteiger partial charge in [0.05, 0.1) is 32.5 Å². The highest BCUT2D eigenvalue weighted by molar-refractivity contribution is 14.0. The predicted octanol–water partition coefficient (Wildman–Crippen LogP) is 2.30. The summed E-state index contributed by atoms with van der Waals surface area (Å²) < 4.78 is 13.2. The van der Waals surface area contributed by atoms with E-state index >= 15 is 0 Å². The van der Waals surface area contributed by atoms with Crippen LogP contribution in [0.15, 0.2) is 41.7 Å². The van der Waals surface area contributed by atoms with Crippen LogP contribution in [0.2, 0.25) is 0 Å². The van der Waals surface area contributed by atoms with E-state index in [-0.39, 0.29) is 36.1 Å². The molecule has 1 N–H and O–H groups in total. The lowest BCUT2D eigenvalue weighted by Gasteiger charge is -2.35. The van der Waals surface area contributed by atoms with E-state index < -0.39 is 0 Å². The van der Waals surface area contributed by atoms with E-state index in [1.54, 1.807) is 11.8 Å². The van der Waals surface area contributed by atoms with Gasteiger partial charge in [-0.3, -0.25) is 9.67 Å². The summed E-state index contributed by atoms with van der Waals surface area (Å²) in [5.74, 6) is 1.75. The highest BCUT2D eigenvalue weighted by atomic mass is 127. The molecule has 0 bridgehead atoms. The van der Waals surface area contributed by atoms with Crippen molar-refractivity contribution >= 4 is 29.9 Å². The number of nitrogens with one attached hydrogen (secondary N) is 1. The van der Waals surface area contributed by atoms with Gasteiger partial charge in [0.2, 0.25) is 0 Å². The van der Waals surface area contributed by atoms with E-state index in [1.807, 2.05) is 38.6 Å². The van der Waals surface area contributed by atoms with Gasteiger partial charge in [-0.2, -0.15) is 5.10 Å². The van der Waals surface area contributed by atoms with Crippen LogP contribution in [0.3, 0.4) is 0 Å². The highest BCUT2D eigenvalue weighted by Gasteiger charge is 2.26. The zero-order chi connectivity index (χ0) is 20.8. The van der Waals surface area contributed by atoms with Crippen LogP contribution in [0.4, 0.5) is 0 Å². The molecule has 0 aliphatic carbocycles. The number of hydrogen-bond donors (Lipinski definition) is 1. The molecule has 8 nitrogen and oxygen atoms in total. The number of guanidine groups is 1. The van der Waals surface area contributed by atoms with Gasteiger partial charge < -0.3 is 24.6 Å². The first-order valence-corrected chi connectivity index (χ1v) is 9.88. The Morgan fingerprint density at radius 2 is 2.23 bits per heavy atom. The normalized spacial score (nSPS) is 18.1. The second kappa shape index (κ2) is 11.5. The number of ether oxygens (including phenoxy) is 2. The lowest BCUT2D eigenvalue weighted by Crippen LogP contribution is -2.49. The third-order valence-corrected chi connectivity index (χ3v) is 5.23. The molecule has 1 aliphatic rings. The van der Waals surface area contributed by atoms with E-state index in [1.165, 1.54) is 5.56 Å². The van der Waals surface area contributed by atoms with E-state index in [2.05, 4.69) is 51.4 Å². The summed E-state index contributed by atoms with van der Waals surface area (Å²) >= 11 is 0. The molecule has 0 spiro atoms. The van der Waals surface area contributed by atoms with E-state index in [4.69, 9.17) is 9.47 Å². The molecular weight excluding hydrogens is 495 g/mol. The van der Waals surface area contributed by atoms with Crippen molar-refractivity contribution in [3.05, 3.63) is 47.8 Å². The quantitative estimate of drug-likeness (QED) is 0.353. The summed E-state index contributed by atoms with van der Waals surface area (Å²) in [4.78, 5) is 8.97. The number of halogens is 1. The number of methoxy groups -OCH3 is 1. The summed E-state index contributed by atoms with van der Waals surface area (Å²) in [5, 5.41) is 7.82. The first-order valence-electron chi connectivity index (χ1n) is 9.88. The van der Waals surface area contributed by atoms with Gasteiger partial charge in [-0.25, -0.2) is 0 Å². The number of rotatable bonds is 6. The monoisotopic (exact) mass is 528 g/mol. The number of morpholine rings is 1. The fourth-order valence-corrected chi connectivity index (χ4v) is 3.62. The van der Waals surface area contributed by atoms with Crippen molar-refractivity contribution in [1.82, 2.24) is 24.9 Å². The zero-order valence-electron chi connectivity index (χ0n) is 18.4. The molecule has 9 heteroatoms. The molecule has 166 valence electrons. The van der Waals surface area contributed by atoms with Crippen LogP contribution in [-0.4, -0.2) is 80.0 Å². The fraction of sp³-hybridized carbons (Fsp3) is 0.524. The highest BCUT2D eigenvalue weighted by Crippen LogP contribution is 2.23. The number of likely N-dealkylation sites (N-methyl/N-ethyl adjacent to an activating group) is 1. The van der Waals surface area contributed by atoms with Crippen LogP contribution in [-0.2, 0) is 11.8 Å². The first-order chi connectivity index (χ1) is 14.0. The predicted molar refractivity (Wildman–Crippen MR) is 130 cm³/mol. The van der Waals surface area contributed by atoms with Crippen molar-refractivity contribution in [3.8, 4) is 5.75 Å². The minimum atomic E-state index is -0.000898. The Kier molecular flexibility index (Phi) is 9.37. The molecule has 1 aromatic carbocycles. The molecule has 1 aromatic heterocycles. The number of aryl methyl sites for hydroxylation is 1. The van der Waals surface area contributed by atoms with Crippen molar-refractivity contribution < 1.29 is 9.47 Å². The largest absolute Gasteiger partial charge is 0.497 e. The summed E-state index contributed by atoms with van der Waals surface area (Å²) in [6.45, 7) is 2.95. The summed E-state index contributed by atoms with van der Waals surface area (Å²) in [6, 6.07) is 8.40. The van der Waals surface area contributed by atoms with Gasteiger partial charge in [-0.1, -0.05) is 12.1 Å². The summed E-state index contributed by atoms with van der Waals surface area (Å²) in [6.07, 6.45) is 3.88. The number of aliphatic imine (C=N–C) groups is 1. The van der Waals surface area contributed by atoms with Gasteiger partial charge in [-0.05, 0) is 31.8 Å². The number of benzene rings is 1. The smallest absolute Gasteiger partial charge is 0.193 e.